The Balaban J connectivity index is 4.40. The summed E-state index contributed by atoms with van der Waals surface area (Å²) < 4.78 is 56.5. The van der Waals surface area contributed by atoms with Crippen LogP contribution in [0, 0.1) is 0 Å². The second-order valence-electron chi connectivity index (χ2n) is 1.94. The standard InChI is InChI=1S/C4H8F2O5S/c1-11-4(7)2(5)3(6)12(8,9)10/h2-4,7H,1H3,(H,8,9,10). The van der Waals surface area contributed by atoms with E-state index in [-0.39, 0.29) is 0 Å². The van der Waals surface area contributed by atoms with Gasteiger partial charge in [-0.25, -0.2) is 8.78 Å². The summed E-state index contributed by atoms with van der Waals surface area (Å²) >= 11 is 0. The lowest BCUT2D eigenvalue weighted by Gasteiger charge is -2.15. The third-order valence-electron chi connectivity index (χ3n) is 1.05. The van der Waals surface area contributed by atoms with Crippen molar-refractivity contribution in [3.05, 3.63) is 0 Å². The van der Waals surface area contributed by atoms with Gasteiger partial charge >= 0.3 is 10.1 Å². The molecular weight excluding hydrogens is 198 g/mol. The molecule has 0 aromatic carbocycles. The Kier molecular flexibility index (Phi) is 3.97. The Bertz CT molecular complexity index is 228. The molecule has 0 heterocycles. The van der Waals surface area contributed by atoms with Crippen molar-refractivity contribution >= 4 is 10.1 Å². The Morgan fingerprint density at radius 2 is 1.83 bits per heavy atom. The molecule has 0 radical (unpaired) electrons. The SMILES string of the molecule is COC(O)C(F)C(F)S(=O)(=O)O. The molecule has 0 bridgehead atoms. The molecule has 0 rings (SSSR count). The van der Waals surface area contributed by atoms with E-state index in [4.69, 9.17) is 9.66 Å². The van der Waals surface area contributed by atoms with E-state index in [1.54, 1.807) is 0 Å². The van der Waals surface area contributed by atoms with Crippen LogP contribution in [-0.2, 0) is 14.9 Å². The number of aliphatic hydroxyl groups excluding tert-OH is 1. The molecule has 0 saturated heterocycles. The molecule has 3 unspecified atom stereocenters. The highest BCUT2D eigenvalue weighted by atomic mass is 32.2. The van der Waals surface area contributed by atoms with Gasteiger partial charge in [-0.1, -0.05) is 0 Å². The first-order valence-electron chi connectivity index (χ1n) is 2.76. The van der Waals surface area contributed by atoms with Crippen LogP contribution in [0.1, 0.15) is 0 Å². The third-order valence-corrected chi connectivity index (χ3v) is 1.88. The third kappa shape index (κ3) is 2.97. The van der Waals surface area contributed by atoms with Gasteiger partial charge in [-0.3, -0.25) is 4.55 Å². The molecule has 0 aliphatic rings. The normalized spacial score (nSPS) is 20.1. The van der Waals surface area contributed by atoms with Crippen molar-refractivity contribution in [3.63, 3.8) is 0 Å². The van der Waals surface area contributed by atoms with Crippen LogP contribution in [0.3, 0.4) is 0 Å². The minimum absolute atomic E-state index is 0.855. The molecule has 0 amide bonds. The zero-order valence-corrected chi connectivity index (χ0v) is 6.83. The van der Waals surface area contributed by atoms with Gasteiger partial charge in [-0.05, 0) is 0 Å². The maximum absolute atomic E-state index is 12.4. The highest BCUT2D eigenvalue weighted by molar-refractivity contribution is 7.86. The molecular formula is C4H8F2O5S. The summed E-state index contributed by atoms with van der Waals surface area (Å²) in [5, 5.41) is 8.45. The average molecular weight is 206 g/mol. The predicted octanol–water partition coefficient (Wildman–Crippen LogP) is -0.527. The smallest absolute Gasteiger partial charge is 0.300 e. The van der Waals surface area contributed by atoms with Gasteiger partial charge in [-0.15, -0.1) is 0 Å². The summed E-state index contributed by atoms with van der Waals surface area (Å²) in [4.78, 5) is 0. The van der Waals surface area contributed by atoms with Crippen LogP contribution in [0.4, 0.5) is 8.78 Å². The second-order valence-corrected chi connectivity index (χ2v) is 3.42. The van der Waals surface area contributed by atoms with Crippen molar-refractivity contribution in [2.24, 2.45) is 0 Å². The zero-order valence-electron chi connectivity index (χ0n) is 6.02. The number of hydrogen-bond donors (Lipinski definition) is 2. The summed E-state index contributed by atoms with van der Waals surface area (Å²) in [5.41, 5.74) is -3.20. The van der Waals surface area contributed by atoms with Crippen molar-refractivity contribution in [1.29, 1.82) is 0 Å². The molecule has 0 fully saturated rings. The maximum Gasteiger partial charge on any atom is 0.300 e. The molecule has 0 aliphatic heterocycles. The second kappa shape index (κ2) is 4.08. The molecule has 0 spiro atoms. The summed E-state index contributed by atoms with van der Waals surface area (Å²) in [6.07, 6.45) is -5.05. The van der Waals surface area contributed by atoms with Crippen LogP contribution in [0.5, 0.6) is 0 Å². The van der Waals surface area contributed by atoms with Gasteiger partial charge in [0.25, 0.3) is 5.50 Å². The Morgan fingerprint density at radius 1 is 1.42 bits per heavy atom. The number of rotatable bonds is 4. The largest absolute Gasteiger partial charge is 0.365 e. The van der Waals surface area contributed by atoms with Crippen LogP contribution >= 0.6 is 0 Å². The minimum Gasteiger partial charge on any atom is -0.365 e. The Labute approximate surface area is 67.7 Å². The molecule has 0 aliphatic carbocycles. The molecule has 2 N–H and O–H groups in total. The molecule has 0 saturated carbocycles. The monoisotopic (exact) mass is 206 g/mol. The fourth-order valence-electron chi connectivity index (χ4n) is 0.424. The lowest BCUT2D eigenvalue weighted by atomic mass is 10.4. The highest BCUT2D eigenvalue weighted by Gasteiger charge is 2.37. The van der Waals surface area contributed by atoms with Crippen molar-refractivity contribution in [1.82, 2.24) is 0 Å². The fourth-order valence-corrected chi connectivity index (χ4v) is 0.887. The van der Waals surface area contributed by atoms with Crippen LogP contribution in [-0.4, -0.2) is 43.2 Å². The first-order chi connectivity index (χ1) is 5.30. The lowest BCUT2D eigenvalue weighted by Crippen LogP contribution is -2.37. The average Bonchev–Trinajstić information content (AvgIpc) is 1.98. The fraction of sp³-hybridized carbons (Fsp3) is 1.00. The van der Waals surface area contributed by atoms with Crippen LogP contribution in [0.25, 0.3) is 0 Å². The van der Waals surface area contributed by atoms with E-state index in [9.17, 15) is 17.2 Å². The van der Waals surface area contributed by atoms with E-state index in [2.05, 4.69) is 4.74 Å². The van der Waals surface area contributed by atoms with Crippen LogP contribution < -0.4 is 0 Å². The number of ether oxygens (including phenoxy) is 1. The van der Waals surface area contributed by atoms with Gasteiger partial charge in [0.2, 0.25) is 0 Å². The van der Waals surface area contributed by atoms with E-state index in [0.29, 0.717) is 0 Å². The minimum atomic E-state index is -5.14. The van der Waals surface area contributed by atoms with E-state index < -0.39 is 28.1 Å². The van der Waals surface area contributed by atoms with Gasteiger partial charge < -0.3 is 9.84 Å². The number of methoxy groups -OCH3 is 1. The first-order valence-corrected chi connectivity index (χ1v) is 4.26. The number of alkyl halides is 2. The Hall–Kier alpha value is -0.310. The van der Waals surface area contributed by atoms with Gasteiger partial charge in [0.1, 0.15) is 0 Å². The van der Waals surface area contributed by atoms with Crippen molar-refractivity contribution in [2.45, 2.75) is 18.0 Å². The van der Waals surface area contributed by atoms with Crippen molar-refractivity contribution in [2.75, 3.05) is 7.11 Å². The topological polar surface area (TPSA) is 83.8 Å². The predicted molar refractivity (Wildman–Crippen MR) is 34.4 cm³/mol. The van der Waals surface area contributed by atoms with Crippen molar-refractivity contribution < 1.29 is 31.6 Å². The van der Waals surface area contributed by atoms with Gasteiger partial charge in [0, 0.05) is 7.11 Å². The molecule has 0 aromatic heterocycles. The number of halogens is 2. The summed E-state index contributed by atoms with van der Waals surface area (Å²) in [6, 6.07) is 0. The quantitative estimate of drug-likeness (QED) is 0.477. The Morgan fingerprint density at radius 3 is 2.08 bits per heavy atom. The first kappa shape index (κ1) is 11.7. The number of aliphatic hydroxyl groups is 1. The molecule has 5 nitrogen and oxygen atoms in total. The maximum atomic E-state index is 12.4. The van der Waals surface area contributed by atoms with Crippen molar-refractivity contribution in [3.8, 4) is 0 Å². The summed E-state index contributed by atoms with van der Waals surface area (Å²) in [6.45, 7) is 0. The van der Waals surface area contributed by atoms with Gasteiger partial charge in [0.05, 0.1) is 0 Å². The molecule has 0 aromatic rings. The highest BCUT2D eigenvalue weighted by Crippen LogP contribution is 2.14. The van der Waals surface area contributed by atoms with E-state index in [1.807, 2.05) is 0 Å². The van der Waals surface area contributed by atoms with E-state index >= 15 is 0 Å². The zero-order chi connectivity index (χ0) is 9.94. The lowest BCUT2D eigenvalue weighted by molar-refractivity contribution is -0.129. The molecule has 3 atom stereocenters. The van der Waals surface area contributed by atoms with E-state index in [0.717, 1.165) is 7.11 Å². The molecule has 12 heavy (non-hydrogen) atoms. The number of hydrogen-bond acceptors (Lipinski definition) is 4. The van der Waals surface area contributed by atoms with Gasteiger partial charge in [-0.2, -0.15) is 8.42 Å². The summed E-state index contributed by atoms with van der Waals surface area (Å²) in [7, 11) is -4.28. The summed E-state index contributed by atoms with van der Waals surface area (Å²) in [5.74, 6) is 0. The van der Waals surface area contributed by atoms with E-state index in [1.165, 1.54) is 0 Å². The van der Waals surface area contributed by atoms with Crippen LogP contribution in [0.2, 0.25) is 0 Å². The molecule has 8 heteroatoms. The van der Waals surface area contributed by atoms with Gasteiger partial charge in [0.15, 0.2) is 12.5 Å². The molecule has 74 valence electrons. The van der Waals surface area contributed by atoms with Crippen LogP contribution in [0.15, 0.2) is 0 Å².